The summed E-state index contributed by atoms with van der Waals surface area (Å²) in [5.41, 5.74) is 1.01. The van der Waals surface area contributed by atoms with Crippen molar-refractivity contribution in [3.63, 3.8) is 0 Å². The van der Waals surface area contributed by atoms with Crippen LogP contribution in [0, 0.1) is 5.82 Å². The van der Waals surface area contributed by atoms with Gasteiger partial charge in [0.2, 0.25) is 0 Å². The molecule has 1 atom stereocenters. The lowest BCUT2D eigenvalue weighted by molar-refractivity contribution is 0.0278. The third kappa shape index (κ3) is 3.03. The molecule has 88 valence electrons. The van der Waals surface area contributed by atoms with Gasteiger partial charge in [-0.3, -0.25) is 0 Å². The van der Waals surface area contributed by atoms with Crippen LogP contribution in [0.15, 0.2) is 24.3 Å². The lowest BCUT2D eigenvalue weighted by Gasteiger charge is -2.34. The molecule has 2 nitrogen and oxygen atoms in total. The van der Waals surface area contributed by atoms with Gasteiger partial charge in [0.05, 0.1) is 6.61 Å². The van der Waals surface area contributed by atoms with E-state index in [1.165, 1.54) is 6.07 Å². The second-order valence-corrected chi connectivity index (χ2v) is 4.70. The van der Waals surface area contributed by atoms with Gasteiger partial charge >= 0.3 is 0 Å². The van der Waals surface area contributed by atoms with Crippen molar-refractivity contribution < 1.29 is 9.13 Å². The summed E-state index contributed by atoms with van der Waals surface area (Å²) in [6.07, 6.45) is 2.20. The van der Waals surface area contributed by atoms with Crippen LogP contribution in [0.5, 0.6) is 0 Å². The average molecular weight is 223 g/mol. The quantitative estimate of drug-likeness (QED) is 0.850. The molecule has 1 unspecified atom stereocenters. The lowest BCUT2D eigenvalue weighted by atomic mass is 9.94. The predicted molar refractivity (Wildman–Crippen MR) is 61.7 cm³/mol. The molecule has 1 aromatic rings. The maximum absolute atomic E-state index is 13.0. The topological polar surface area (TPSA) is 21.3 Å². The van der Waals surface area contributed by atoms with Crippen molar-refractivity contribution in [2.45, 2.75) is 31.8 Å². The number of hydrogen-bond acceptors (Lipinski definition) is 2. The fourth-order valence-corrected chi connectivity index (χ4v) is 2.04. The molecule has 0 saturated carbocycles. The molecule has 1 fully saturated rings. The first kappa shape index (κ1) is 11.6. The van der Waals surface area contributed by atoms with Crippen LogP contribution in [0.4, 0.5) is 4.39 Å². The summed E-state index contributed by atoms with van der Waals surface area (Å²) in [5.74, 6) is -0.177. The Kier molecular flexibility index (Phi) is 3.56. The summed E-state index contributed by atoms with van der Waals surface area (Å²) in [6, 6.07) is 6.71. The standard InChI is InChI=1S/C13H18FNO/c1-13(6-3-7-16-10-13)15-9-11-4-2-5-12(14)8-11/h2,4-5,8,15H,3,6-7,9-10H2,1H3. The number of benzene rings is 1. The van der Waals surface area contributed by atoms with Crippen molar-refractivity contribution in [2.75, 3.05) is 13.2 Å². The monoisotopic (exact) mass is 223 g/mol. The fourth-order valence-electron chi connectivity index (χ4n) is 2.04. The highest BCUT2D eigenvalue weighted by molar-refractivity contribution is 5.16. The Morgan fingerprint density at radius 3 is 3.06 bits per heavy atom. The SMILES string of the molecule is CC1(NCc2cccc(F)c2)CCCOC1. The zero-order valence-electron chi connectivity index (χ0n) is 9.63. The second kappa shape index (κ2) is 4.93. The Balaban J connectivity index is 1.91. The normalized spacial score (nSPS) is 25.6. The van der Waals surface area contributed by atoms with E-state index in [9.17, 15) is 4.39 Å². The highest BCUT2D eigenvalue weighted by Crippen LogP contribution is 2.19. The van der Waals surface area contributed by atoms with Gasteiger partial charge in [0.1, 0.15) is 5.82 Å². The molecule has 0 bridgehead atoms. The van der Waals surface area contributed by atoms with E-state index in [0.29, 0.717) is 6.54 Å². The molecule has 1 heterocycles. The van der Waals surface area contributed by atoms with E-state index < -0.39 is 0 Å². The van der Waals surface area contributed by atoms with Crippen molar-refractivity contribution in [1.29, 1.82) is 0 Å². The number of hydrogen-bond donors (Lipinski definition) is 1. The first-order chi connectivity index (χ1) is 7.68. The molecule has 0 spiro atoms. The van der Waals surface area contributed by atoms with Crippen LogP contribution in [-0.4, -0.2) is 18.8 Å². The smallest absolute Gasteiger partial charge is 0.123 e. The average Bonchev–Trinajstić information content (AvgIpc) is 2.28. The molecule has 16 heavy (non-hydrogen) atoms. The molecular formula is C13H18FNO. The van der Waals surface area contributed by atoms with Crippen molar-refractivity contribution >= 4 is 0 Å². The summed E-state index contributed by atoms with van der Waals surface area (Å²) in [5, 5.41) is 3.45. The lowest BCUT2D eigenvalue weighted by Crippen LogP contribution is -2.48. The Hall–Kier alpha value is -0.930. The van der Waals surface area contributed by atoms with Crippen molar-refractivity contribution in [2.24, 2.45) is 0 Å². The first-order valence-corrected chi connectivity index (χ1v) is 5.75. The van der Waals surface area contributed by atoms with Gasteiger partial charge in [0.15, 0.2) is 0 Å². The minimum Gasteiger partial charge on any atom is -0.380 e. The predicted octanol–water partition coefficient (Wildman–Crippen LogP) is 2.48. The Morgan fingerprint density at radius 1 is 1.50 bits per heavy atom. The third-order valence-electron chi connectivity index (χ3n) is 3.05. The zero-order valence-corrected chi connectivity index (χ0v) is 9.63. The van der Waals surface area contributed by atoms with Gasteiger partial charge < -0.3 is 10.1 Å². The molecule has 2 rings (SSSR count). The Bertz CT molecular complexity index is 348. The van der Waals surface area contributed by atoms with Crippen molar-refractivity contribution in [3.05, 3.63) is 35.6 Å². The highest BCUT2D eigenvalue weighted by Gasteiger charge is 2.26. The molecule has 0 radical (unpaired) electrons. The van der Waals surface area contributed by atoms with E-state index in [1.54, 1.807) is 12.1 Å². The fraction of sp³-hybridized carbons (Fsp3) is 0.538. The van der Waals surface area contributed by atoms with Crippen molar-refractivity contribution in [3.8, 4) is 0 Å². The molecule has 1 aliphatic heterocycles. The van der Waals surface area contributed by atoms with Gasteiger partial charge in [0, 0.05) is 18.7 Å². The summed E-state index contributed by atoms with van der Waals surface area (Å²) in [4.78, 5) is 0. The van der Waals surface area contributed by atoms with Crippen LogP contribution in [0.3, 0.4) is 0 Å². The van der Waals surface area contributed by atoms with Gasteiger partial charge in [-0.05, 0) is 37.5 Å². The number of nitrogens with one attached hydrogen (secondary N) is 1. The second-order valence-electron chi connectivity index (χ2n) is 4.70. The largest absolute Gasteiger partial charge is 0.380 e. The Morgan fingerprint density at radius 2 is 2.38 bits per heavy atom. The minimum atomic E-state index is -0.177. The Labute approximate surface area is 95.8 Å². The number of halogens is 1. The molecule has 1 N–H and O–H groups in total. The zero-order chi connectivity index (χ0) is 11.4. The van der Waals surface area contributed by atoms with E-state index in [1.807, 2.05) is 6.07 Å². The third-order valence-corrected chi connectivity index (χ3v) is 3.05. The molecule has 1 aliphatic rings. The molecule has 1 aromatic carbocycles. The highest BCUT2D eigenvalue weighted by atomic mass is 19.1. The minimum absolute atomic E-state index is 0.0323. The number of ether oxygens (including phenoxy) is 1. The molecule has 1 saturated heterocycles. The number of rotatable bonds is 3. The maximum atomic E-state index is 13.0. The molecule has 0 aliphatic carbocycles. The van der Waals surface area contributed by atoms with Gasteiger partial charge in [-0.25, -0.2) is 4.39 Å². The van der Waals surface area contributed by atoms with E-state index in [0.717, 1.165) is 31.6 Å². The van der Waals surface area contributed by atoms with E-state index in [4.69, 9.17) is 4.74 Å². The summed E-state index contributed by atoms with van der Waals surface area (Å²) in [7, 11) is 0. The molecular weight excluding hydrogens is 205 g/mol. The van der Waals surface area contributed by atoms with Crippen LogP contribution < -0.4 is 5.32 Å². The van der Waals surface area contributed by atoms with Gasteiger partial charge in [-0.15, -0.1) is 0 Å². The molecule has 3 heteroatoms. The molecule has 0 amide bonds. The van der Waals surface area contributed by atoms with Crippen LogP contribution >= 0.6 is 0 Å². The van der Waals surface area contributed by atoms with Crippen LogP contribution in [0.25, 0.3) is 0 Å². The summed E-state index contributed by atoms with van der Waals surface area (Å²) in [6.45, 7) is 4.45. The van der Waals surface area contributed by atoms with E-state index >= 15 is 0 Å². The van der Waals surface area contributed by atoms with E-state index in [-0.39, 0.29) is 11.4 Å². The maximum Gasteiger partial charge on any atom is 0.123 e. The van der Waals surface area contributed by atoms with Crippen LogP contribution in [0.1, 0.15) is 25.3 Å². The van der Waals surface area contributed by atoms with Gasteiger partial charge in [0.25, 0.3) is 0 Å². The summed E-state index contributed by atoms with van der Waals surface area (Å²) >= 11 is 0. The van der Waals surface area contributed by atoms with Gasteiger partial charge in [-0.1, -0.05) is 12.1 Å². The van der Waals surface area contributed by atoms with E-state index in [2.05, 4.69) is 12.2 Å². The van der Waals surface area contributed by atoms with Gasteiger partial charge in [-0.2, -0.15) is 0 Å². The van der Waals surface area contributed by atoms with Crippen LogP contribution in [-0.2, 0) is 11.3 Å². The van der Waals surface area contributed by atoms with Crippen molar-refractivity contribution in [1.82, 2.24) is 5.32 Å². The first-order valence-electron chi connectivity index (χ1n) is 5.75. The molecule has 0 aromatic heterocycles. The van der Waals surface area contributed by atoms with Crippen LogP contribution in [0.2, 0.25) is 0 Å². The summed E-state index contributed by atoms with van der Waals surface area (Å²) < 4.78 is 18.4.